The molecule has 1 aliphatic rings. The van der Waals surface area contributed by atoms with Crippen LogP contribution in [0, 0.1) is 5.41 Å². The summed E-state index contributed by atoms with van der Waals surface area (Å²) in [4.78, 5) is 0. The van der Waals surface area contributed by atoms with E-state index in [9.17, 15) is 5.11 Å². The van der Waals surface area contributed by atoms with Crippen molar-refractivity contribution in [3.63, 3.8) is 0 Å². The molecule has 3 heteroatoms. The summed E-state index contributed by atoms with van der Waals surface area (Å²) in [7, 11) is 0. The fourth-order valence-corrected chi connectivity index (χ4v) is 2.51. The summed E-state index contributed by atoms with van der Waals surface area (Å²) >= 11 is 9.60. The Labute approximate surface area is 97.2 Å². The Balaban J connectivity index is 2.24. The highest BCUT2D eigenvalue weighted by molar-refractivity contribution is 9.10. The topological polar surface area (TPSA) is 20.2 Å². The van der Waals surface area contributed by atoms with Crippen molar-refractivity contribution in [1.29, 1.82) is 0 Å². The van der Waals surface area contributed by atoms with E-state index in [1.807, 2.05) is 18.2 Å². The Bertz CT molecular complexity index is 327. The third-order valence-corrected chi connectivity index (χ3v) is 4.00. The van der Waals surface area contributed by atoms with Crippen molar-refractivity contribution in [1.82, 2.24) is 0 Å². The maximum atomic E-state index is 9.24. The number of hydrogen-bond acceptors (Lipinski definition) is 1. The SMILES string of the molecule is OCC1(Cc2c(Cl)cccc2Br)CC1. The lowest BCUT2D eigenvalue weighted by atomic mass is 9.97. The van der Waals surface area contributed by atoms with Gasteiger partial charge in [-0.05, 0) is 42.4 Å². The van der Waals surface area contributed by atoms with Crippen molar-refractivity contribution in [3.8, 4) is 0 Å². The van der Waals surface area contributed by atoms with Crippen LogP contribution in [0.15, 0.2) is 22.7 Å². The Hall–Kier alpha value is -0.0500. The summed E-state index contributed by atoms with van der Waals surface area (Å²) in [5, 5.41) is 10.0. The molecule has 76 valence electrons. The van der Waals surface area contributed by atoms with Crippen molar-refractivity contribution >= 4 is 27.5 Å². The van der Waals surface area contributed by atoms with Crippen molar-refractivity contribution in [2.24, 2.45) is 5.41 Å². The molecule has 0 atom stereocenters. The van der Waals surface area contributed by atoms with E-state index in [4.69, 9.17) is 11.6 Å². The first-order valence-electron chi connectivity index (χ1n) is 4.71. The largest absolute Gasteiger partial charge is 0.396 e. The van der Waals surface area contributed by atoms with Gasteiger partial charge in [-0.25, -0.2) is 0 Å². The summed E-state index contributed by atoms with van der Waals surface area (Å²) < 4.78 is 1.05. The van der Waals surface area contributed by atoms with Gasteiger partial charge >= 0.3 is 0 Å². The maximum Gasteiger partial charge on any atom is 0.0490 e. The molecule has 0 bridgehead atoms. The van der Waals surface area contributed by atoms with Gasteiger partial charge in [-0.15, -0.1) is 0 Å². The number of hydrogen-bond donors (Lipinski definition) is 1. The second kappa shape index (κ2) is 3.84. The van der Waals surface area contributed by atoms with Crippen LogP contribution < -0.4 is 0 Å². The van der Waals surface area contributed by atoms with Crippen molar-refractivity contribution in [3.05, 3.63) is 33.3 Å². The van der Waals surface area contributed by atoms with E-state index in [1.165, 1.54) is 0 Å². The number of aliphatic hydroxyl groups is 1. The minimum Gasteiger partial charge on any atom is -0.396 e. The molecule has 0 amide bonds. The zero-order valence-corrected chi connectivity index (χ0v) is 10.1. The van der Waals surface area contributed by atoms with Gasteiger partial charge in [-0.2, -0.15) is 0 Å². The van der Waals surface area contributed by atoms with Crippen molar-refractivity contribution in [2.45, 2.75) is 19.3 Å². The number of rotatable bonds is 3. The molecule has 0 unspecified atom stereocenters. The Morgan fingerprint density at radius 3 is 2.64 bits per heavy atom. The van der Waals surface area contributed by atoms with Gasteiger partial charge in [0.15, 0.2) is 0 Å². The first kappa shape index (κ1) is 10.5. The Kier molecular flexibility index (Phi) is 2.87. The molecule has 1 saturated carbocycles. The molecular formula is C11H12BrClO. The second-order valence-electron chi connectivity index (χ2n) is 4.04. The molecule has 1 N–H and O–H groups in total. The minimum absolute atomic E-state index is 0.119. The highest BCUT2D eigenvalue weighted by Gasteiger charge is 2.42. The predicted octanol–water partition coefficient (Wildman–Crippen LogP) is 3.42. The van der Waals surface area contributed by atoms with Crippen molar-refractivity contribution in [2.75, 3.05) is 6.61 Å². The van der Waals surface area contributed by atoms with E-state index < -0.39 is 0 Å². The average molecular weight is 276 g/mol. The third kappa shape index (κ3) is 1.97. The van der Waals surface area contributed by atoms with E-state index in [0.29, 0.717) is 0 Å². The van der Waals surface area contributed by atoms with Gasteiger partial charge in [0.25, 0.3) is 0 Å². The molecule has 1 nitrogen and oxygen atoms in total. The maximum absolute atomic E-state index is 9.24. The summed E-state index contributed by atoms with van der Waals surface area (Å²) in [5.41, 5.74) is 1.24. The molecule has 1 fully saturated rings. The number of aliphatic hydroxyl groups excluding tert-OH is 1. The molecule has 0 radical (unpaired) electrons. The van der Waals surface area contributed by atoms with Gasteiger partial charge in [0.05, 0.1) is 0 Å². The lowest BCUT2D eigenvalue weighted by Gasteiger charge is -2.14. The monoisotopic (exact) mass is 274 g/mol. The molecule has 0 saturated heterocycles. The van der Waals surface area contributed by atoms with E-state index >= 15 is 0 Å². The summed E-state index contributed by atoms with van der Waals surface area (Å²) in [6.45, 7) is 0.269. The lowest BCUT2D eigenvalue weighted by molar-refractivity contribution is 0.211. The minimum atomic E-state index is 0.119. The summed E-state index contributed by atoms with van der Waals surface area (Å²) in [5.74, 6) is 0. The van der Waals surface area contributed by atoms with Gasteiger partial charge in [0, 0.05) is 16.1 Å². The van der Waals surface area contributed by atoms with Gasteiger partial charge in [0.1, 0.15) is 0 Å². The number of halogens is 2. The second-order valence-corrected chi connectivity index (χ2v) is 5.30. The predicted molar refractivity (Wildman–Crippen MR) is 61.6 cm³/mol. The quantitative estimate of drug-likeness (QED) is 0.896. The zero-order valence-electron chi connectivity index (χ0n) is 7.76. The molecule has 0 heterocycles. The van der Waals surface area contributed by atoms with Crippen LogP contribution in [0.25, 0.3) is 0 Å². The Morgan fingerprint density at radius 1 is 1.43 bits per heavy atom. The molecule has 1 aromatic rings. The molecule has 0 spiro atoms. The molecule has 1 aliphatic carbocycles. The zero-order chi connectivity index (χ0) is 10.2. The van der Waals surface area contributed by atoms with Crippen LogP contribution in [0.1, 0.15) is 18.4 Å². The van der Waals surface area contributed by atoms with E-state index in [0.717, 1.165) is 34.3 Å². The number of benzene rings is 1. The van der Waals surface area contributed by atoms with Crippen molar-refractivity contribution < 1.29 is 5.11 Å². The van der Waals surface area contributed by atoms with Gasteiger partial charge in [-0.1, -0.05) is 33.6 Å². The highest BCUT2D eigenvalue weighted by Crippen LogP contribution is 2.49. The average Bonchev–Trinajstić information content (AvgIpc) is 2.93. The third-order valence-electron chi connectivity index (χ3n) is 2.91. The molecule has 0 aromatic heterocycles. The Morgan fingerprint density at radius 2 is 2.14 bits per heavy atom. The smallest absolute Gasteiger partial charge is 0.0490 e. The fourth-order valence-electron chi connectivity index (χ4n) is 1.64. The first-order valence-corrected chi connectivity index (χ1v) is 5.88. The van der Waals surface area contributed by atoms with Gasteiger partial charge in [-0.3, -0.25) is 0 Å². The van der Waals surface area contributed by atoms with Gasteiger partial charge < -0.3 is 5.11 Å². The van der Waals surface area contributed by atoms with Crippen LogP contribution in [0.5, 0.6) is 0 Å². The van der Waals surface area contributed by atoms with Crippen LogP contribution in [-0.2, 0) is 6.42 Å². The normalized spacial score (nSPS) is 18.2. The molecule has 0 aliphatic heterocycles. The van der Waals surface area contributed by atoms with Crippen LogP contribution in [0.4, 0.5) is 0 Å². The van der Waals surface area contributed by atoms with E-state index in [2.05, 4.69) is 15.9 Å². The highest BCUT2D eigenvalue weighted by atomic mass is 79.9. The van der Waals surface area contributed by atoms with Crippen LogP contribution >= 0.6 is 27.5 Å². The van der Waals surface area contributed by atoms with Gasteiger partial charge in [0.2, 0.25) is 0 Å². The van der Waals surface area contributed by atoms with E-state index in [1.54, 1.807) is 0 Å². The lowest BCUT2D eigenvalue weighted by Crippen LogP contribution is -2.10. The first-order chi connectivity index (χ1) is 6.67. The van der Waals surface area contributed by atoms with Crippen LogP contribution in [0.2, 0.25) is 5.02 Å². The summed E-state index contributed by atoms with van der Waals surface area (Å²) in [6, 6.07) is 5.82. The molecule has 1 aromatic carbocycles. The van der Waals surface area contributed by atoms with E-state index in [-0.39, 0.29) is 12.0 Å². The summed E-state index contributed by atoms with van der Waals surface area (Å²) in [6.07, 6.45) is 3.10. The molecule has 14 heavy (non-hydrogen) atoms. The molecular weight excluding hydrogens is 263 g/mol. The van der Waals surface area contributed by atoms with Crippen LogP contribution in [0.3, 0.4) is 0 Å². The molecule has 2 rings (SSSR count). The van der Waals surface area contributed by atoms with Crippen LogP contribution in [-0.4, -0.2) is 11.7 Å². The fraction of sp³-hybridized carbons (Fsp3) is 0.455. The standard InChI is InChI=1S/C11H12BrClO/c12-9-2-1-3-10(13)8(9)6-11(7-14)4-5-11/h1-3,14H,4-7H2.